The van der Waals surface area contributed by atoms with Gasteiger partial charge in [-0.25, -0.2) is 0 Å². The number of hydrogen-bond donors (Lipinski definition) is 1. The second-order valence-electron chi connectivity index (χ2n) is 5.92. The molecular weight excluding hydrogens is 308 g/mol. The second-order valence-corrected chi connectivity index (χ2v) is 5.92. The van der Waals surface area contributed by atoms with Crippen molar-refractivity contribution in [3.63, 3.8) is 0 Å². The third-order valence-corrected chi connectivity index (χ3v) is 4.28. The summed E-state index contributed by atoms with van der Waals surface area (Å²) in [6.45, 7) is 4.78. The zero-order chi connectivity index (χ0) is 17.5. The molecule has 0 heterocycles. The van der Waals surface area contributed by atoms with Gasteiger partial charge in [0.1, 0.15) is 0 Å². The van der Waals surface area contributed by atoms with E-state index in [0.29, 0.717) is 23.8 Å². The molecule has 0 atom stereocenters. The van der Waals surface area contributed by atoms with Gasteiger partial charge in [0, 0.05) is 19.1 Å². The van der Waals surface area contributed by atoms with E-state index in [1.54, 1.807) is 21.3 Å². The van der Waals surface area contributed by atoms with Gasteiger partial charge in [-0.3, -0.25) is 9.69 Å². The molecule has 6 nitrogen and oxygen atoms in total. The third-order valence-electron chi connectivity index (χ3n) is 4.28. The molecule has 1 aliphatic rings. The number of carbonyl (C=O) groups is 1. The summed E-state index contributed by atoms with van der Waals surface area (Å²) in [6.07, 6.45) is 2.85. The summed E-state index contributed by atoms with van der Waals surface area (Å²) >= 11 is 0. The van der Waals surface area contributed by atoms with E-state index in [1.807, 2.05) is 12.1 Å². The Kier molecular flexibility index (Phi) is 6.73. The molecule has 0 saturated heterocycles. The van der Waals surface area contributed by atoms with Crippen LogP contribution in [0.2, 0.25) is 0 Å². The molecule has 0 radical (unpaired) electrons. The number of methoxy groups -OCH3 is 3. The highest BCUT2D eigenvalue weighted by atomic mass is 16.5. The van der Waals surface area contributed by atoms with Crippen molar-refractivity contribution < 1.29 is 19.0 Å². The molecule has 0 aliphatic heterocycles. The quantitative estimate of drug-likeness (QED) is 0.707. The SMILES string of the molecule is CCN(CCNC(=O)Cc1cc(OC)c(OC)c(OC)c1)C1CC1. The fourth-order valence-corrected chi connectivity index (χ4v) is 2.86. The van der Waals surface area contributed by atoms with Crippen LogP contribution in [-0.4, -0.2) is 57.8 Å². The second kappa shape index (κ2) is 8.78. The molecule has 0 aromatic heterocycles. The number of hydrogen-bond acceptors (Lipinski definition) is 5. The van der Waals surface area contributed by atoms with Gasteiger partial charge in [-0.05, 0) is 37.1 Å². The Hall–Kier alpha value is -1.95. The summed E-state index contributed by atoms with van der Waals surface area (Å²) in [4.78, 5) is 14.6. The Morgan fingerprint density at radius 2 is 1.79 bits per heavy atom. The van der Waals surface area contributed by atoms with Crippen molar-refractivity contribution in [2.75, 3.05) is 41.0 Å². The number of carbonyl (C=O) groups excluding carboxylic acids is 1. The number of rotatable bonds is 10. The summed E-state index contributed by atoms with van der Waals surface area (Å²) in [6, 6.07) is 4.34. The van der Waals surface area contributed by atoms with Crippen molar-refractivity contribution in [1.29, 1.82) is 0 Å². The molecular formula is C18H28N2O4. The maximum absolute atomic E-state index is 12.2. The van der Waals surface area contributed by atoms with Gasteiger partial charge in [0.05, 0.1) is 27.8 Å². The first-order valence-electron chi connectivity index (χ1n) is 8.42. The average Bonchev–Trinajstić information content (AvgIpc) is 3.42. The van der Waals surface area contributed by atoms with Crippen molar-refractivity contribution in [3.8, 4) is 17.2 Å². The molecule has 2 rings (SSSR count). The van der Waals surface area contributed by atoms with Gasteiger partial charge in [0.2, 0.25) is 11.7 Å². The van der Waals surface area contributed by atoms with E-state index in [0.717, 1.165) is 24.7 Å². The van der Waals surface area contributed by atoms with Gasteiger partial charge in [0.25, 0.3) is 0 Å². The van der Waals surface area contributed by atoms with Crippen molar-refractivity contribution in [1.82, 2.24) is 10.2 Å². The third kappa shape index (κ3) is 4.77. The predicted octanol–water partition coefficient (Wildman–Crippen LogP) is 1.86. The molecule has 1 fully saturated rings. The Bertz CT molecular complexity index is 533. The monoisotopic (exact) mass is 336 g/mol. The van der Waals surface area contributed by atoms with Gasteiger partial charge >= 0.3 is 0 Å². The van der Waals surface area contributed by atoms with Gasteiger partial charge in [-0.1, -0.05) is 6.92 Å². The zero-order valence-electron chi connectivity index (χ0n) is 15.1. The lowest BCUT2D eigenvalue weighted by Gasteiger charge is -2.19. The van der Waals surface area contributed by atoms with E-state index in [2.05, 4.69) is 17.1 Å². The summed E-state index contributed by atoms with van der Waals surface area (Å²) in [7, 11) is 4.70. The van der Waals surface area contributed by atoms with Gasteiger partial charge < -0.3 is 19.5 Å². The highest BCUT2D eigenvalue weighted by molar-refractivity contribution is 5.79. The van der Waals surface area contributed by atoms with E-state index in [9.17, 15) is 4.79 Å². The van der Waals surface area contributed by atoms with E-state index < -0.39 is 0 Å². The van der Waals surface area contributed by atoms with Gasteiger partial charge in [0.15, 0.2) is 11.5 Å². The fourth-order valence-electron chi connectivity index (χ4n) is 2.86. The molecule has 0 bridgehead atoms. The summed E-state index contributed by atoms with van der Waals surface area (Å²) in [5.74, 6) is 1.65. The van der Waals surface area contributed by atoms with Crippen LogP contribution in [0, 0.1) is 0 Å². The molecule has 0 unspecified atom stereocenters. The largest absolute Gasteiger partial charge is 0.493 e. The molecule has 1 saturated carbocycles. The van der Waals surface area contributed by atoms with E-state index in [-0.39, 0.29) is 12.3 Å². The molecule has 1 aromatic carbocycles. The van der Waals surface area contributed by atoms with Crippen LogP contribution in [0.3, 0.4) is 0 Å². The Balaban J connectivity index is 1.90. The molecule has 1 aromatic rings. The summed E-state index contributed by atoms with van der Waals surface area (Å²) in [5, 5.41) is 2.99. The minimum atomic E-state index is -0.00359. The van der Waals surface area contributed by atoms with Crippen molar-refractivity contribution in [2.45, 2.75) is 32.2 Å². The molecule has 6 heteroatoms. The summed E-state index contributed by atoms with van der Waals surface area (Å²) < 4.78 is 15.9. The number of likely N-dealkylation sites (N-methyl/N-ethyl adjacent to an activating group) is 1. The number of ether oxygens (including phenoxy) is 3. The molecule has 134 valence electrons. The van der Waals surface area contributed by atoms with E-state index in [4.69, 9.17) is 14.2 Å². The zero-order valence-corrected chi connectivity index (χ0v) is 15.1. The Morgan fingerprint density at radius 1 is 1.17 bits per heavy atom. The Labute approximate surface area is 144 Å². The first-order valence-corrected chi connectivity index (χ1v) is 8.42. The van der Waals surface area contributed by atoms with Crippen LogP contribution in [0.15, 0.2) is 12.1 Å². The van der Waals surface area contributed by atoms with Crippen LogP contribution >= 0.6 is 0 Å². The van der Waals surface area contributed by atoms with Crippen molar-refractivity contribution in [2.24, 2.45) is 0 Å². The maximum atomic E-state index is 12.2. The number of nitrogens with zero attached hydrogens (tertiary/aromatic N) is 1. The fraction of sp³-hybridized carbons (Fsp3) is 0.611. The van der Waals surface area contributed by atoms with Gasteiger partial charge in [-0.2, -0.15) is 0 Å². The highest BCUT2D eigenvalue weighted by Gasteiger charge is 2.27. The number of benzene rings is 1. The molecule has 24 heavy (non-hydrogen) atoms. The molecule has 1 N–H and O–H groups in total. The molecule has 1 amide bonds. The van der Waals surface area contributed by atoms with Gasteiger partial charge in [-0.15, -0.1) is 0 Å². The van der Waals surface area contributed by atoms with Crippen LogP contribution in [0.25, 0.3) is 0 Å². The van der Waals surface area contributed by atoms with Crippen molar-refractivity contribution >= 4 is 5.91 Å². The maximum Gasteiger partial charge on any atom is 0.224 e. The van der Waals surface area contributed by atoms with E-state index >= 15 is 0 Å². The first kappa shape index (κ1) is 18.4. The molecule has 1 aliphatic carbocycles. The normalized spacial score (nSPS) is 13.7. The average molecular weight is 336 g/mol. The Morgan fingerprint density at radius 3 is 2.25 bits per heavy atom. The lowest BCUT2D eigenvalue weighted by molar-refractivity contribution is -0.120. The number of amides is 1. The standard InChI is InChI=1S/C18H28N2O4/c1-5-20(14-6-7-14)9-8-19-17(21)12-13-10-15(22-2)18(24-4)16(11-13)23-3/h10-11,14H,5-9,12H2,1-4H3,(H,19,21). The lowest BCUT2D eigenvalue weighted by atomic mass is 10.1. The highest BCUT2D eigenvalue weighted by Crippen LogP contribution is 2.38. The van der Waals surface area contributed by atoms with E-state index in [1.165, 1.54) is 12.8 Å². The minimum Gasteiger partial charge on any atom is -0.493 e. The van der Waals surface area contributed by atoms with Crippen LogP contribution in [-0.2, 0) is 11.2 Å². The topological polar surface area (TPSA) is 60.0 Å². The summed E-state index contributed by atoms with van der Waals surface area (Å²) in [5.41, 5.74) is 0.830. The lowest BCUT2D eigenvalue weighted by Crippen LogP contribution is -2.36. The predicted molar refractivity (Wildman–Crippen MR) is 93.1 cm³/mol. The smallest absolute Gasteiger partial charge is 0.224 e. The van der Waals surface area contributed by atoms with Crippen LogP contribution in [0.5, 0.6) is 17.2 Å². The number of nitrogens with one attached hydrogen (secondary N) is 1. The van der Waals surface area contributed by atoms with Crippen molar-refractivity contribution in [3.05, 3.63) is 17.7 Å². The molecule has 0 spiro atoms. The first-order chi connectivity index (χ1) is 11.6. The van der Waals surface area contributed by atoms with Crippen LogP contribution in [0.1, 0.15) is 25.3 Å². The van der Waals surface area contributed by atoms with Crippen LogP contribution in [0.4, 0.5) is 0 Å². The van der Waals surface area contributed by atoms with Crippen LogP contribution < -0.4 is 19.5 Å². The minimum absolute atomic E-state index is 0.00359.